The molecule has 1 fully saturated rings. The summed E-state index contributed by atoms with van der Waals surface area (Å²) in [7, 11) is 0. The van der Waals surface area contributed by atoms with Gasteiger partial charge in [0.2, 0.25) is 6.43 Å². The van der Waals surface area contributed by atoms with Gasteiger partial charge in [0.15, 0.2) is 0 Å². The summed E-state index contributed by atoms with van der Waals surface area (Å²) in [6.07, 6.45) is -1.47. The zero-order valence-electron chi connectivity index (χ0n) is 8.11. The topological polar surface area (TPSA) is 12.0 Å². The number of alkyl halides is 2. The lowest BCUT2D eigenvalue weighted by Gasteiger charge is -2.26. The number of piperidine rings is 1. The van der Waals surface area contributed by atoms with Crippen LogP contribution in [0.2, 0.25) is 0 Å². The van der Waals surface area contributed by atoms with Crippen molar-refractivity contribution in [2.75, 3.05) is 13.1 Å². The molecule has 0 bridgehead atoms. The molecule has 2 unspecified atom stereocenters. The highest BCUT2D eigenvalue weighted by Crippen LogP contribution is 2.21. The van der Waals surface area contributed by atoms with Crippen molar-refractivity contribution in [3.63, 3.8) is 0 Å². The molecule has 0 aromatic rings. The summed E-state index contributed by atoms with van der Waals surface area (Å²) in [5.74, 6) is -0.00324. The molecule has 2 atom stereocenters. The van der Waals surface area contributed by atoms with E-state index in [9.17, 15) is 8.78 Å². The van der Waals surface area contributed by atoms with Gasteiger partial charge in [0.25, 0.3) is 0 Å². The molecule has 0 amide bonds. The van der Waals surface area contributed by atoms with E-state index in [4.69, 9.17) is 0 Å². The van der Waals surface area contributed by atoms with E-state index >= 15 is 0 Å². The second kappa shape index (κ2) is 6.35. The highest BCUT2D eigenvalue weighted by molar-refractivity contribution is 4.74. The van der Waals surface area contributed by atoms with Gasteiger partial charge < -0.3 is 5.32 Å². The van der Waals surface area contributed by atoms with Crippen molar-refractivity contribution in [1.29, 1.82) is 0 Å². The fourth-order valence-electron chi connectivity index (χ4n) is 1.39. The second-order valence-corrected chi connectivity index (χ2v) is 3.09. The first-order chi connectivity index (χ1) is 5.70. The Balaban J connectivity index is 0.000000561. The van der Waals surface area contributed by atoms with Gasteiger partial charge >= 0.3 is 0 Å². The van der Waals surface area contributed by atoms with E-state index in [0.717, 1.165) is 6.54 Å². The van der Waals surface area contributed by atoms with Crippen LogP contribution in [0.15, 0.2) is 0 Å². The minimum atomic E-state index is -2.14. The molecule has 0 aliphatic carbocycles. The van der Waals surface area contributed by atoms with Crippen LogP contribution in [-0.4, -0.2) is 19.5 Å². The third kappa shape index (κ3) is 4.00. The van der Waals surface area contributed by atoms with Gasteiger partial charge in [-0.1, -0.05) is 20.8 Å². The highest BCUT2D eigenvalue weighted by Gasteiger charge is 2.25. The summed E-state index contributed by atoms with van der Waals surface area (Å²) in [6.45, 7) is 7.38. The van der Waals surface area contributed by atoms with Crippen molar-refractivity contribution in [1.82, 2.24) is 5.32 Å². The lowest BCUT2D eigenvalue weighted by molar-refractivity contribution is 0.0524. The normalized spacial score (nSPS) is 29.5. The fraction of sp³-hybridized carbons (Fsp3) is 1.00. The van der Waals surface area contributed by atoms with Gasteiger partial charge in [0.1, 0.15) is 0 Å². The average Bonchev–Trinajstić information content (AvgIpc) is 2.08. The van der Waals surface area contributed by atoms with Crippen LogP contribution in [0.3, 0.4) is 0 Å². The first-order valence-electron chi connectivity index (χ1n) is 4.69. The number of rotatable bonds is 1. The van der Waals surface area contributed by atoms with Gasteiger partial charge in [-0.2, -0.15) is 0 Å². The van der Waals surface area contributed by atoms with E-state index in [1.165, 1.54) is 0 Å². The Morgan fingerprint density at radius 2 is 1.83 bits per heavy atom. The second-order valence-electron chi connectivity index (χ2n) is 3.09. The van der Waals surface area contributed by atoms with Crippen LogP contribution in [0.4, 0.5) is 8.78 Å². The van der Waals surface area contributed by atoms with E-state index in [0.29, 0.717) is 18.9 Å². The molecule has 1 rings (SSSR count). The maximum absolute atomic E-state index is 12.1. The predicted octanol–water partition coefficient (Wildman–Crippen LogP) is 2.52. The fourth-order valence-corrected chi connectivity index (χ4v) is 1.39. The molecule has 1 aliphatic rings. The molecule has 0 radical (unpaired) electrons. The summed E-state index contributed by atoms with van der Waals surface area (Å²) in [4.78, 5) is 0. The number of hydrogen-bond donors (Lipinski definition) is 1. The molecule has 3 heteroatoms. The van der Waals surface area contributed by atoms with Gasteiger partial charge in [-0.15, -0.1) is 0 Å². The van der Waals surface area contributed by atoms with E-state index in [1.807, 2.05) is 20.8 Å². The van der Waals surface area contributed by atoms with Crippen molar-refractivity contribution in [2.24, 2.45) is 11.8 Å². The molecular formula is C9H19F2N. The molecule has 1 saturated heterocycles. The number of halogens is 2. The molecule has 74 valence electrons. The van der Waals surface area contributed by atoms with Crippen molar-refractivity contribution in [3.8, 4) is 0 Å². The SMILES string of the molecule is CC.CC1CNCC(C(F)F)C1. The molecule has 12 heavy (non-hydrogen) atoms. The lowest BCUT2D eigenvalue weighted by Crippen LogP contribution is -2.38. The molecular weight excluding hydrogens is 160 g/mol. The van der Waals surface area contributed by atoms with Crippen LogP contribution in [0.25, 0.3) is 0 Å². The standard InChI is InChI=1S/C7H13F2N.C2H6/c1-5-2-6(7(8)9)4-10-3-5;1-2/h5-7,10H,2-4H2,1H3;1-2H3. The average molecular weight is 179 g/mol. The van der Waals surface area contributed by atoms with Crippen LogP contribution < -0.4 is 5.32 Å². The Labute approximate surface area is 73.5 Å². The van der Waals surface area contributed by atoms with Gasteiger partial charge in [0, 0.05) is 12.5 Å². The zero-order chi connectivity index (χ0) is 9.56. The molecule has 1 nitrogen and oxygen atoms in total. The van der Waals surface area contributed by atoms with E-state index in [2.05, 4.69) is 5.32 Å². The van der Waals surface area contributed by atoms with Crippen LogP contribution in [0.1, 0.15) is 27.2 Å². The van der Waals surface area contributed by atoms with Crippen molar-refractivity contribution in [2.45, 2.75) is 33.6 Å². The first-order valence-corrected chi connectivity index (χ1v) is 4.69. The van der Waals surface area contributed by atoms with Crippen LogP contribution >= 0.6 is 0 Å². The van der Waals surface area contributed by atoms with E-state index < -0.39 is 12.3 Å². The zero-order valence-corrected chi connectivity index (χ0v) is 8.11. The largest absolute Gasteiger partial charge is 0.316 e. The Morgan fingerprint density at radius 1 is 1.25 bits per heavy atom. The minimum absolute atomic E-state index is 0.410. The summed E-state index contributed by atoms with van der Waals surface area (Å²) in [5, 5.41) is 2.99. The molecule has 1 heterocycles. The molecule has 0 saturated carbocycles. The van der Waals surface area contributed by atoms with Crippen LogP contribution in [0, 0.1) is 11.8 Å². The minimum Gasteiger partial charge on any atom is -0.316 e. The molecule has 0 aromatic carbocycles. The smallest absolute Gasteiger partial charge is 0.242 e. The summed E-state index contributed by atoms with van der Waals surface area (Å²) in [5.41, 5.74) is 0. The first kappa shape index (κ1) is 11.8. The quantitative estimate of drug-likeness (QED) is 0.652. The third-order valence-corrected chi connectivity index (χ3v) is 1.96. The number of hydrogen-bond acceptors (Lipinski definition) is 1. The highest BCUT2D eigenvalue weighted by atomic mass is 19.3. The van der Waals surface area contributed by atoms with Crippen LogP contribution in [-0.2, 0) is 0 Å². The monoisotopic (exact) mass is 179 g/mol. The molecule has 1 aliphatic heterocycles. The number of nitrogens with one attached hydrogen (secondary N) is 1. The Bertz CT molecular complexity index is 107. The van der Waals surface area contributed by atoms with Gasteiger partial charge in [0.05, 0.1) is 0 Å². The van der Waals surface area contributed by atoms with Gasteiger partial charge in [-0.3, -0.25) is 0 Å². The van der Waals surface area contributed by atoms with Gasteiger partial charge in [-0.05, 0) is 18.9 Å². The van der Waals surface area contributed by atoms with E-state index in [1.54, 1.807) is 0 Å². The van der Waals surface area contributed by atoms with E-state index in [-0.39, 0.29) is 0 Å². The van der Waals surface area contributed by atoms with Crippen molar-refractivity contribution in [3.05, 3.63) is 0 Å². The van der Waals surface area contributed by atoms with Gasteiger partial charge in [-0.25, -0.2) is 8.78 Å². The summed E-state index contributed by atoms with van der Waals surface area (Å²) >= 11 is 0. The summed E-state index contributed by atoms with van der Waals surface area (Å²) < 4.78 is 24.1. The predicted molar refractivity (Wildman–Crippen MR) is 47.5 cm³/mol. The van der Waals surface area contributed by atoms with Crippen molar-refractivity contribution >= 4 is 0 Å². The van der Waals surface area contributed by atoms with Crippen molar-refractivity contribution < 1.29 is 8.78 Å². The van der Waals surface area contributed by atoms with Crippen LogP contribution in [0.5, 0.6) is 0 Å². The molecule has 0 spiro atoms. The maximum Gasteiger partial charge on any atom is 0.242 e. The Morgan fingerprint density at radius 3 is 2.17 bits per heavy atom. The lowest BCUT2D eigenvalue weighted by atomic mass is 9.92. The summed E-state index contributed by atoms with van der Waals surface area (Å²) in [6, 6.07) is 0. The third-order valence-electron chi connectivity index (χ3n) is 1.96. The molecule has 0 aromatic heterocycles. The Kier molecular flexibility index (Phi) is 6.25. The Hall–Kier alpha value is -0.180. The maximum atomic E-state index is 12.1. The molecule has 1 N–H and O–H groups in total.